The summed E-state index contributed by atoms with van der Waals surface area (Å²) >= 11 is 0. The first kappa shape index (κ1) is 17.0. The molecule has 0 saturated carbocycles. The summed E-state index contributed by atoms with van der Waals surface area (Å²) in [7, 11) is 4.01. The van der Waals surface area contributed by atoms with Crippen molar-refractivity contribution in [2.24, 2.45) is 7.05 Å². The topological polar surface area (TPSA) is 57.6 Å². The van der Waals surface area contributed by atoms with Gasteiger partial charge in [-0.2, -0.15) is 0 Å². The quantitative estimate of drug-likeness (QED) is 0.702. The third-order valence-electron chi connectivity index (χ3n) is 6.04. The van der Waals surface area contributed by atoms with Crippen LogP contribution in [0.2, 0.25) is 0 Å². The van der Waals surface area contributed by atoms with E-state index in [0.29, 0.717) is 18.8 Å². The van der Waals surface area contributed by atoms with Crippen LogP contribution in [-0.2, 0) is 11.8 Å². The molecule has 28 heavy (non-hydrogen) atoms. The van der Waals surface area contributed by atoms with E-state index in [1.54, 1.807) is 12.1 Å². The zero-order valence-corrected chi connectivity index (χ0v) is 15.9. The van der Waals surface area contributed by atoms with E-state index in [-0.39, 0.29) is 17.9 Å². The highest BCUT2D eigenvalue weighted by molar-refractivity contribution is 6.24. The summed E-state index contributed by atoms with van der Waals surface area (Å²) in [5.41, 5.74) is 1.88. The van der Waals surface area contributed by atoms with Gasteiger partial charge in [0.25, 0.3) is 5.91 Å². The molecule has 5 rings (SSSR count). The molecule has 0 bridgehead atoms. The molecule has 3 aromatic rings. The van der Waals surface area contributed by atoms with Crippen molar-refractivity contribution in [1.29, 1.82) is 0 Å². The summed E-state index contributed by atoms with van der Waals surface area (Å²) in [6, 6.07) is 17.0. The lowest BCUT2D eigenvalue weighted by molar-refractivity contribution is -0.122. The Morgan fingerprint density at radius 2 is 1.71 bits per heavy atom. The predicted octanol–water partition coefficient (Wildman–Crippen LogP) is 2.70. The highest BCUT2D eigenvalue weighted by atomic mass is 16.2. The molecule has 0 unspecified atom stereocenters. The molecular weight excluding hydrogens is 352 g/mol. The Balaban J connectivity index is 1.64. The standard InChI is InChI=1S/C22H22N4O2/c1-24-13-18(17-12-25(2)19-11-7-6-10-16(17)19)22(14-24)20(27)26(21(28)23-22)15-8-4-3-5-9-15/h3-12,18H,13-14H2,1-2H3,(H,23,28)/t18-,22+/m1/s1. The molecule has 2 atom stereocenters. The summed E-state index contributed by atoms with van der Waals surface area (Å²) in [6.45, 7) is 1.21. The van der Waals surface area contributed by atoms with Crippen molar-refractivity contribution >= 4 is 28.5 Å². The summed E-state index contributed by atoms with van der Waals surface area (Å²) in [6.07, 6.45) is 2.10. The van der Waals surface area contributed by atoms with Gasteiger partial charge in [0.2, 0.25) is 0 Å². The van der Waals surface area contributed by atoms with Crippen molar-refractivity contribution in [3.8, 4) is 0 Å². The van der Waals surface area contributed by atoms with Crippen molar-refractivity contribution in [3.63, 3.8) is 0 Å². The molecule has 3 amide bonds. The van der Waals surface area contributed by atoms with Crippen molar-refractivity contribution in [1.82, 2.24) is 14.8 Å². The van der Waals surface area contributed by atoms with Gasteiger partial charge < -0.3 is 14.8 Å². The Morgan fingerprint density at radius 1 is 1.00 bits per heavy atom. The number of carbonyl (C=O) groups excluding carboxylic acids is 2. The Morgan fingerprint density at radius 3 is 2.50 bits per heavy atom. The fourth-order valence-electron chi connectivity index (χ4n) is 4.83. The number of imide groups is 1. The molecule has 3 heterocycles. The minimum atomic E-state index is -0.953. The van der Waals surface area contributed by atoms with Gasteiger partial charge in [-0.15, -0.1) is 0 Å². The summed E-state index contributed by atoms with van der Waals surface area (Å²) in [4.78, 5) is 29.9. The van der Waals surface area contributed by atoms with Gasteiger partial charge in [-0.3, -0.25) is 4.79 Å². The number of benzene rings is 2. The van der Waals surface area contributed by atoms with Crippen LogP contribution in [0.5, 0.6) is 0 Å². The first-order chi connectivity index (χ1) is 13.5. The van der Waals surface area contributed by atoms with Gasteiger partial charge in [0.1, 0.15) is 5.54 Å². The number of carbonyl (C=O) groups is 2. The number of likely N-dealkylation sites (N-methyl/N-ethyl adjacent to an activating group) is 1. The minimum Gasteiger partial charge on any atom is -0.350 e. The number of anilines is 1. The maximum atomic E-state index is 13.6. The van der Waals surface area contributed by atoms with Gasteiger partial charge in [-0.05, 0) is 30.8 Å². The molecule has 1 N–H and O–H groups in total. The Kier molecular flexibility index (Phi) is 3.61. The molecule has 6 heteroatoms. The smallest absolute Gasteiger partial charge is 0.329 e. The van der Waals surface area contributed by atoms with E-state index in [4.69, 9.17) is 0 Å². The third kappa shape index (κ3) is 2.24. The van der Waals surface area contributed by atoms with Crippen molar-refractivity contribution in [3.05, 3.63) is 66.4 Å². The number of hydrogen-bond donors (Lipinski definition) is 1. The van der Waals surface area contributed by atoms with Crippen LogP contribution in [0.15, 0.2) is 60.8 Å². The average molecular weight is 374 g/mol. The van der Waals surface area contributed by atoms with Crippen molar-refractivity contribution < 1.29 is 9.59 Å². The van der Waals surface area contributed by atoms with Gasteiger partial charge in [0, 0.05) is 43.2 Å². The predicted molar refractivity (Wildman–Crippen MR) is 108 cm³/mol. The number of rotatable bonds is 2. The van der Waals surface area contributed by atoms with Gasteiger partial charge in [0.05, 0.1) is 5.69 Å². The highest BCUT2D eigenvalue weighted by Crippen LogP contribution is 2.43. The summed E-state index contributed by atoms with van der Waals surface area (Å²) in [5.74, 6) is -0.292. The number of urea groups is 1. The molecule has 2 aliphatic rings. The maximum Gasteiger partial charge on any atom is 0.329 e. The average Bonchev–Trinajstić information content (AvgIpc) is 3.28. The lowest BCUT2D eigenvalue weighted by Crippen LogP contribution is -2.52. The number of likely N-dealkylation sites (tertiary alicyclic amines) is 1. The van der Waals surface area contributed by atoms with Crippen LogP contribution in [-0.4, -0.2) is 47.1 Å². The molecule has 1 spiro atoms. The summed E-state index contributed by atoms with van der Waals surface area (Å²) in [5, 5.41) is 4.20. The second kappa shape index (κ2) is 5.94. The lowest BCUT2D eigenvalue weighted by atomic mass is 9.81. The fourth-order valence-corrected chi connectivity index (χ4v) is 4.83. The Hall–Kier alpha value is -3.12. The van der Waals surface area contributed by atoms with Crippen LogP contribution in [0.4, 0.5) is 10.5 Å². The van der Waals surface area contributed by atoms with Crippen LogP contribution in [0.3, 0.4) is 0 Å². The minimum absolute atomic E-state index is 0.117. The molecule has 2 aliphatic heterocycles. The SMILES string of the molecule is CN1C[C@H](c2cn(C)c3ccccc23)[C@]2(C1)NC(=O)N(c1ccccc1)C2=O. The van der Waals surface area contributed by atoms with Crippen LogP contribution >= 0.6 is 0 Å². The Labute approximate surface area is 163 Å². The molecule has 1 aromatic heterocycles. The molecule has 0 radical (unpaired) electrons. The van der Waals surface area contributed by atoms with E-state index in [2.05, 4.69) is 33.1 Å². The van der Waals surface area contributed by atoms with Crippen LogP contribution in [0, 0.1) is 0 Å². The largest absolute Gasteiger partial charge is 0.350 e. The van der Waals surface area contributed by atoms with Crippen LogP contribution in [0.25, 0.3) is 10.9 Å². The summed E-state index contributed by atoms with van der Waals surface area (Å²) < 4.78 is 2.09. The molecule has 2 fully saturated rings. The lowest BCUT2D eigenvalue weighted by Gasteiger charge is -2.27. The van der Waals surface area contributed by atoms with Gasteiger partial charge in [-0.1, -0.05) is 36.4 Å². The molecular formula is C22H22N4O2. The maximum absolute atomic E-state index is 13.6. The number of aromatic nitrogens is 1. The first-order valence-corrected chi connectivity index (χ1v) is 9.45. The number of nitrogens with zero attached hydrogens (tertiary/aromatic N) is 3. The van der Waals surface area contributed by atoms with Crippen molar-refractivity contribution in [2.45, 2.75) is 11.5 Å². The Bertz CT molecular complexity index is 1090. The molecule has 2 saturated heterocycles. The van der Waals surface area contributed by atoms with E-state index >= 15 is 0 Å². The van der Waals surface area contributed by atoms with E-state index in [9.17, 15) is 9.59 Å². The zero-order valence-electron chi connectivity index (χ0n) is 15.9. The van der Waals surface area contributed by atoms with Crippen LogP contribution in [0.1, 0.15) is 11.5 Å². The third-order valence-corrected chi connectivity index (χ3v) is 6.04. The number of amides is 3. The van der Waals surface area contributed by atoms with E-state index in [0.717, 1.165) is 16.5 Å². The molecule has 0 aliphatic carbocycles. The van der Waals surface area contributed by atoms with Gasteiger partial charge in [-0.25, -0.2) is 9.69 Å². The highest BCUT2D eigenvalue weighted by Gasteiger charge is 2.60. The van der Waals surface area contributed by atoms with E-state index in [1.165, 1.54) is 4.90 Å². The number of para-hydroxylation sites is 2. The second-order valence-electron chi connectivity index (χ2n) is 7.84. The normalized spacial score (nSPS) is 25.2. The second-order valence-corrected chi connectivity index (χ2v) is 7.84. The molecule has 142 valence electrons. The van der Waals surface area contributed by atoms with Gasteiger partial charge >= 0.3 is 6.03 Å². The number of fused-ring (bicyclic) bond motifs is 1. The first-order valence-electron chi connectivity index (χ1n) is 9.45. The molecule has 2 aromatic carbocycles. The van der Waals surface area contributed by atoms with Crippen LogP contribution < -0.4 is 10.2 Å². The number of nitrogens with one attached hydrogen (secondary N) is 1. The number of hydrogen-bond acceptors (Lipinski definition) is 3. The fraction of sp³-hybridized carbons (Fsp3) is 0.273. The van der Waals surface area contributed by atoms with E-state index in [1.807, 2.05) is 44.4 Å². The van der Waals surface area contributed by atoms with Gasteiger partial charge in [0.15, 0.2) is 0 Å². The zero-order chi connectivity index (χ0) is 19.5. The van der Waals surface area contributed by atoms with E-state index < -0.39 is 5.54 Å². The monoisotopic (exact) mass is 374 g/mol. The number of aryl methyl sites for hydroxylation is 1. The molecule has 6 nitrogen and oxygen atoms in total. The van der Waals surface area contributed by atoms with Crippen molar-refractivity contribution in [2.75, 3.05) is 25.0 Å².